The van der Waals surface area contributed by atoms with Gasteiger partial charge >= 0.3 is 0 Å². The largest absolute Gasteiger partial charge is 1.00 e. The Morgan fingerprint density at radius 3 is 1.14 bits per heavy atom. The van der Waals surface area contributed by atoms with Crippen LogP contribution in [-0.4, -0.2) is 0 Å². The molecule has 4 rings (SSSR count). The SMILES string of the molecule is O=NC(c1ccccc1)[P+](c1ccccc1)(c1ccccc1)c1ccccc1.[Cl-]. The van der Waals surface area contributed by atoms with Crippen molar-refractivity contribution in [3.8, 4) is 0 Å². The van der Waals surface area contributed by atoms with E-state index in [2.05, 4.69) is 41.6 Å². The lowest BCUT2D eigenvalue weighted by molar-refractivity contribution is -0.00000542. The first-order valence-electron chi connectivity index (χ1n) is 9.30. The summed E-state index contributed by atoms with van der Waals surface area (Å²) in [6.45, 7) is 0. The number of halogens is 1. The molecule has 0 amide bonds. The molecule has 2 nitrogen and oxygen atoms in total. The van der Waals surface area contributed by atoms with Gasteiger partial charge in [0, 0.05) is 5.56 Å². The number of hydrogen-bond acceptors (Lipinski definition) is 2. The van der Waals surface area contributed by atoms with Gasteiger partial charge in [-0.15, -0.1) is 4.91 Å². The molecule has 4 aromatic rings. The molecule has 0 radical (unpaired) electrons. The second kappa shape index (κ2) is 9.60. The Balaban J connectivity index is 0.00000240. The molecule has 0 aliphatic heterocycles. The van der Waals surface area contributed by atoms with Crippen LogP contribution < -0.4 is 28.3 Å². The van der Waals surface area contributed by atoms with Gasteiger partial charge in [-0.3, -0.25) is 0 Å². The zero-order chi connectivity index (χ0) is 19.2. The predicted octanol–water partition coefficient (Wildman–Crippen LogP) is 2.45. The van der Waals surface area contributed by atoms with Gasteiger partial charge in [-0.2, -0.15) is 0 Å². The molecule has 0 aliphatic rings. The highest BCUT2D eigenvalue weighted by atomic mass is 35.5. The van der Waals surface area contributed by atoms with E-state index in [0.29, 0.717) is 0 Å². The lowest BCUT2D eigenvalue weighted by Gasteiger charge is -2.31. The summed E-state index contributed by atoms with van der Waals surface area (Å²) in [5.41, 5.74) is 0.947. The Morgan fingerprint density at radius 2 is 0.828 bits per heavy atom. The first-order chi connectivity index (χ1) is 13.9. The highest BCUT2D eigenvalue weighted by Crippen LogP contribution is 2.67. The smallest absolute Gasteiger partial charge is 0.236 e. The molecule has 0 fully saturated rings. The van der Waals surface area contributed by atoms with Gasteiger partial charge in [0.2, 0.25) is 5.78 Å². The normalized spacial score (nSPS) is 11.9. The zero-order valence-electron chi connectivity index (χ0n) is 15.8. The second-order valence-electron chi connectivity index (χ2n) is 6.62. The maximum Gasteiger partial charge on any atom is 0.236 e. The summed E-state index contributed by atoms with van der Waals surface area (Å²) in [5.74, 6) is -0.499. The van der Waals surface area contributed by atoms with Crippen molar-refractivity contribution >= 4 is 23.2 Å². The Hall–Kier alpha value is -2.80. The summed E-state index contributed by atoms with van der Waals surface area (Å²) in [6, 6.07) is 41.1. The van der Waals surface area contributed by atoms with Gasteiger partial charge in [0.15, 0.2) is 0 Å². The van der Waals surface area contributed by atoms with Crippen LogP contribution in [-0.2, 0) is 0 Å². The fraction of sp³-hybridized carbons (Fsp3) is 0.0400. The van der Waals surface area contributed by atoms with Crippen molar-refractivity contribution in [2.24, 2.45) is 5.18 Å². The summed E-state index contributed by atoms with van der Waals surface area (Å²) < 4.78 is 0. The third-order valence-corrected chi connectivity index (χ3v) is 9.52. The molecule has 0 saturated carbocycles. The molecule has 4 aromatic carbocycles. The molecule has 0 spiro atoms. The second-order valence-corrected chi connectivity index (χ2v) is 10.1. The van der Waals surface area contributed by atoms with E-state index in [1.807, 2.05) is 84.9 Å². The van der Waals surface area contributed by atoms with Crippen LogP contribution in [0.1, 0.15) is 11.3 Å². The van der Waals surface area contributed by atoms with Gasteiger partial charge in [0.05, 0.1) is 0 Å². The molecule has 0 N–H and O–H groups in total. The van der Waals surface area contributed by atoms with Crippen LogP contribution in [0.2, 0.25) is 0 Å². The van der Waals surface area contributed by atoms with E-state index in [-0.39, 0.29) is 12.4 Å². The fourth-order valence-corrected chi connectivity index (χ4v) is 8.27. The van der Waals surface area contributed by atoms with E-state index in [1.54, 1.807) is 0 Å². The van der Waals surface area contributed by atoms with Crippen molar-refractivity contribution in [2.45, 2.75) is 5.78 Å². The van der Waals surface area contributed by atoms with Crippen molar-refractivity contribution < 1.29 is 12.4 Å². The summed E-state index contributed by atoms with van der Waals surface area (Å²) in [6.07, 6.45) is 0. The molecule has 1 unspecified atom stereocenters. The molecule has 144 valence electrons. The van der Waals surface area contributed by atoms with E-state index < -0.39 is 13.0 Å². The fourth-order valence-electron chi connectivity index (χ4n) is 3.84. The number of rotatable bonds is 6. The number of hydrogen-bond donors (Lipinski definition) is 0. The van der Waals surface area contributed by atoms with E-state index in [9.17, 15) is 4.91 Å². The Kier molecular flexibility index (Phi) is 6.93. The van der Waals surface area contributed by atoms with Crippen molar-refractivity contribution in [1.82, 2.24) is 0 Å². The summed E-state index contributed by atoms with van der Waals surface area (Å²) in [4.78, 5) is 12.4. The van der Waals surface area contributed by atoms with Crippen LogP contribution in [0.3, 0.4) is 0 Å². The summed E-state index contributed by atoms with van der Waals surface area (Å²) in [7, 11) is -2.36. The van der Waals surface area contributed by atoms with Crippen LogP contribution in [0, 0.1) is 4.91 Å². The average molecular weight is 418 g/mol. The van der Waals surface area contributed by atoms with Crippen molar-refractivity contribution in [2.75, 3.05) is 0 Å². The first kappa shape index (κ1) is 20.9. The lowest BCUT2D eigenvalue weighted by Crippen LogP contribution is -3.00. The highest BCUT2D eigenvalue weighted by molar-refractivity contribution is 7.95. The molecular weight excluding hydrogens is 397 g/mol. The van der Waals surface area contributed by atoms with E-state index in [1.165, 1.54) is 0 Å². The molecular formula is C25H21ClNOP. The third kappa shape index (κ3) is 3.87. The van der Waals surface area contributed by atoms with Gasteiger partial charge in [0.25, 0.3) is 0 Å². The van der Waals surface area contributed by atoms with Gasteiger partial charge < -0.3 is 12.4 Å². The lowest BCUT2D eigenvalue weighted by atomic mass is 10.2. The predicted molar refractivity (Wildman–Crippen MR) is 120 cm³/mol. The van der Waals surface area contributed by atoms with Crippen LogP contribution in [0.15, 0.2) is 127 Å². The number of benzene rings is 4. The van der Waals surface area contributed by atoms with Crippen molar-refractivity contribution in [1.29, 1.82) is 0 Å². The molecule has 0 heterocycles. The van der Waals surface area contributed by atoms with E-state index in [4.69, 9.17) is 0 Å². The van der Waals surface area contributed by atoms with Gasteiger partial charge in [0.1, 0.15) is 23.2 Å². The Morgan fingerprint density at radius 1 is 0.517 bits per heavy atom. The van der Waals surface area contributed by atoms with Crippen LogP contribution in [0.4, 0.5) is 0 Å². The number of nitrogens with zero attached hydrogens (tertiary/aromatic N) is 1. The third-order valence-electron chi connectivity index (χ3n) is 5.05. The van der Waals surface area contributed by atoms with Gasteiger partial charge in [-0.1, -0.05) is 84.9 Å². The van der Waals surface area contributed by atoms with Crippen molar-refractivity contribution in [3.05, 3.63) is 132 Å². The Bertz CT molecular complexity index is 931. The van der Waals surface area contributed by atoms with Crippen molar-refractivity contribution in [3.63, 3.8) is 0 Å². The molecule has 0 aliphatic carbocycles. The number of nitroso groups, excluding NO2 is 1. The van der Waals surface area contributed by atoms with Crippen LogP contribution in [0.5, 0.6) is 0 Å². The summed E-state index contributed by atoms with van der Waals surface area (Å²) >= 11 is 0. The molecule has 0 saturated heterocycles. The quantitative estimate of drug-likeness (QED) is 0.350. The topological polar surface area (TPSA) is 29.4 Å². The van der Waals surface area contributed by atoms with Gasteiger partial charge in [-0.05, 0) is 41.6 Å². The molecule has 0 aromatic heterocycles. The zero-order valence-corrected chi connectivity index (χ0v) is 17.5. The van der Waals surface area contributed by atoms with Crippen LogP contribution >= 0.6 is 7.26 Å². The minimum absolute atomic E-state index is 0. The minimum atomic E-state index is -2.36. The first-order valence-corrected chi connectivity index (χ1v) is 11.2. The van der Waals surface area contributed by atoms with E-state index >= 15 is 0 Å². The monoisotopic (exact) mass is 417 g/mol. The molecule has 0 bridgehead atoms. The van der Waals surface area contributed by atoms with E-state index in [0.717, 1.165) is 21.5 Å². The maximum absolute atomic E-state index is 12.4. The molecule has 4 heteroatoms. The molecule has 29 heavy (non-hydrogen) atoms. The Labute approximate surface area is 178 Å². The average Bonchev–Trinajstić information content (AvgIpc) is 2.80. The highest BCUT2D eigenvalue weighted by Gasteiger charge is 2.54. The summed E-state index contributed by atoms with van der Waals surface area (Å²) in [5, 5.41) is 7.22. The van der Waals surface area contributed by atoms with Crippen LogP contribution in [0.25, 0.3) is 0 Å². The standard InChI is InChI=1S/C25H21NOP.ClH/c27-26-25(21-13-5-1-6-14-21)28(22-15-7-2-8-16-22,23-17-9-3-10-18-23)24-19-11-4-12-20-24;/h1-20,25H;1H/q+1;/p-1. The minimum Gasteiger partial charge on any atom is -1.00 e. The van der Waals surface area contributed by atoms with Gasteiger partial charge in [-0.25, -0.2) is 0 Å². The molecule has 1 atom stereocenters. The maximum atomic E-state index is 12.4.